The van der Waals surface area contributed by atoms with Gasteiger partial charge in [0, 0.05) is 19.7 Å². The predicted molar refractivity (Wildman–Crippen MR) is 104 cm³/mol. The van der Waals surface area contributed by atoms with Crippen molar-refractivity contribution in [3.63, 3.8) is 0 Å². The highest BCUT2D eigenvalue weighted by Crippen LogP contribution is 2.27. The SMILES string of the molecule is Cn1c(CCC2CCCCC2)nnc1SCC(=O)Nc1cccnc1Cl. The highest BCUT2D eigenvalue weighted by molar-refractivity contribution is 7.99. The Morgan fingerprint density at radius 3 is 2.92 bits per heavy atom. The minimum absolute atomic E-state index is 0.142. The van der Waals surface area contributed by atoms with Crippen LogP contribution in [0.4, 0.5) is 5.69 Å². The topological polar surface area (TPSA) is 72.7 Å². The lowest BCUT2D eigenvalue weighted by atomic mass is 9.86. The van der Waals surface area contributed by atoms with E-state index in [-0.39, 0.29) is 16.8 Å². The number of aryl methyl sites for hydroxylation is 1. The summed E-state index contributed by atoms with van der Waals surface area (Å²) in [6.45, 7) is 0. The first-order chi connectivity index (χ1) is 12.6. The number of carbonyl (C=O) groups is 1. The number of hydrogen-bond acceptors (Lipinski definition) is 5. The fraction of sp³-hybridized carbons (Fsp3) is 0.556. The Balaban J connectivity index is 1.48. The Hall–Kier alpha value is -1.60. The Morgan fingerprint density at radius 2 is 2.15 bits per heavy atom. The number of amides is 1. The molecule has 0 aromatic carbocycles. The molecule has 2 aromatic heterocycles. The zero-order valence-electron chi connectivity index (χ0n) is 14.9. The van der Waals surface area contributed by atoms with Gasteiger partial charge in [-0.25, -0.2) is 4.98 Å². The van der Waals surface area contributed by atoms with Crippen LogP contribution in [0.5, 0.6) is 0 Å². The molecule has 1 saturated carbocycles. The van der Waals surface area contributed by atoms with Gasteiger partial charge in [-0.3, -0.25) is 4.79 Å². The fourth-order valence-electron chi connectivity index (χ4n) is 3.29. The molecule has 1 N–H and O–H groups in total. The van der Waals surface area contributed by atoms with Crippen LogP contribution in [0.3, 0.4) is 0 Å². The third kappa shape index (κ3) is 5.20. The molecule has 140 valence electrons. The molecule has 26 heavy (non-hydrogen) atoms. The molecule has 3 rings (SSSR count). The van der Waals surface area contributed by atoms with Gasteiger partial charge >= 0.3 is 0 Å². The van der Waals surface area contributed by atoms with E-state index in [9.17, 15) is 4.79 Å². The number of anilines is 1. The van der Waals surface area contributed by atoms with Crippen molar-refractivity contribution in [2.24, 2.45) is 13.0 Å². The quantitative estimate of drug-likeness (QED) is 0.566. The number of thioether (sulfide) groups is 1. The first-order valence-electron chi connectivity index (χ1n) is 9.05. The summed E-state index contributed by atoms with van der Waals surface area (Å²) in [7, 11) is 1.97. The van der Waals surface area contributed by atoms with E-state index in [1.807, 2.05) is 11.6 Å². The zero-order valence-corrected chi connectivity index (χ0v) is 16.5. The number of halogens is 1. The van der Waals surface area contributed by atoms with Crippen molar-refractivity contribution in [2.75, 3.05) is 11.1 Å². The van der Waals surface area contributed by atoms with Crippen LogP contribution in [-0.2, 0) is 18.3 Å². The van der Waals surface area contributed by atoms with Crippen LogP contribution in [0.25, 0.3) is 0 Å². The molecule has 8 heteroatoms. The first-order valence-corrected chi connectivity index (χ1v) is 10.4. The summed E-state index contributed by atoms with van der Waals surface area (Å²) in [6, 6.07) is 3.46. The predicted octanol–water partition coefficient (Wildman–Crippen LogP) is 4.11. The van der Waals surface area contributed by atoms with E-state index in [1.165, 1.54) is 50.3 Å². The minimum Gasteiger partial charge on any atom is -0.323 e. The lowest BCUT2D eigenvalue weighted by Gasteiger charge is -2.20. The monoisotopic (exact) mass is 393 g/mol. The van der Waals surface area contributed by atoms with Gasteiger partial charge in [-0.1, -0.05) is 55.5 Å². The van der Waals surface area contributed by atoms with Crippen LogP contribution in [-0.4, -0.2) is 31.4 Å². The van der Waals surface area contributed by atoms with Crippen molar-refractivity contribution < 1.29 is 4.79 Å². The number of pyridine rings is 1. The van der Waals surface area contributed by atoms with E-state index in [1.54, 1.807) is 18.3 Å². The van der Waals surface area contributed by atoms with Crippen LogP contribution in [0, 0.1) is 5.92 Å². The van der Waals surface area contributed by atoms with Gasteiger partial charge in [-0.2, -0.15) is 0 Å². The lowest BCUT2D eigenvalue weighted by molar-refractivity contribution is -0.113. The highest BCUT2D eigenvalue weighted by Gasteiger charge is 2.16. The van der Waals surface area contributed by atoms with E-state index in [2.05, 4.69) is 20.5 Å². The normalized spacial score (nSPS) is 15.2. The minimum atomic E-state index is -0.142. The van der Waals surface area contributed by atoms with E-state index in [0.29, 0.717) is 5.69 Å². The number of nitrogens with zero attached hydrogens (tertiary/aromatic N) is 4. The Kier molecular flexibility index (Phi) is 6.91. The molecule has 2 aromatic rings. The number of nitrogens with one attached hydrogen (secondary N) is 1. The van der Waals surface area contributed by atoms with Crippen LogP contribution in [0.15, 0.2) is 23.5 Å². The molecule has 0 saturated heterocycles. The molecule has 0 atom stereocenters. The van der Waals surface area contributed by atoms with Gasteiger partial charge < -0.3 is 9.88 Å². The molecule has 0 bridgehead atoms. The van der Waals surface area contributed by atoms with Gasteiger partial charge in [0.15, 0.2) is 10.3 Å². The summed E-state index contributed by atoms with van der Waals surface area (Å²) in [4.78, 5) is 16.1. The molecule has 1 aliphatic rings. The maximum Gasteiger partial charge on any atom is 0.234 e. The maximum absolute atomic E-state index is 12.1. The van der Waals surface area contributed by atoms with Crippen molar-refractivity contribution in [2.45, 2.75) is 50.1 Å². The van der Waals surface area contributed by atoms with Crippen LogP contribution < -0.4 is 5.32 Å². The average Bonchev–Trinajstić information content (AvgIpc) is 3.01. The Bertz CT molecular complexity index is 745. The Morgan fingerprint density at radius 1 is 1.35 bits per heavy atom. The van der Waals surface area contributed by atoms with Crippen molar-refractivity contribution in [3.8, 4) is 0 Å². The van der Waals surface area contributed by atoms with Crippen LogP contribution in [0.2, 0.25) is 5.15 Å². The molecular weight excluding hydrogens is 370 g/mol. The van der Waals surface area contributed by atoms with Gasteiger partial charge in [-0.15, -0.1) is 10.2 Å². The molecule has 0 unspecified atom stereocenters. The molecule has 1 amide bonds. The van der Waals surface area contributed by atoms with E-state index in [0.717, 1.165) is 23.3 Å². The lowest BCUT2D eigenvalue weighted by Crippen LogP contribution is -2.15. The highest BCUT2D eigenvalue weighted by atomic mass is 35.5. The summed E-state index contributed by atoms with van der Waals surface area (Å²) in [5.74, 6) is 1.93. The molecular formula is C18H24ClN5OS. The largest absolute Gasteiger partial charge is 0.323 e. The molecule has 0 aliphatic heterocycles. The fourth-order valence-corrected chi connectivity index (χ4v) is 4.19. The standard InChI is InChI=1S/C18H24ClN5OS/c1-24-15(10-9-13-6-3-2-4-7-13)22-23-18(24)26-12-16(25)21-14-8-5-11-20-17(14)19/h5,8,11,13H,2-4,6-7,9-10,12H2,1H3,(H,21,25). The summed E-state index contributed by atoms with van der Waals surface area (Å²) >= 11 is 7.33. The van der Waals surface area contributed by atoms with Crippen molar-refractivity contribution in [1.82, 2.24) is 19.7 Å². The molecule has 0 spiro atoms. The van der Waals surface area contributed by atoms with E-state index in [4.69, 9.17) is 11.6 Å². The second-order valence-electron chi connectivity index (χ2n) is 6.68. The number of aromatic nitrogens is 4. The molecule has 1 fully saturated rings. The molecule has 2 heterocycles. The zero-order chi connectivity index (χ0) is 18.4. The second kappa shape index (κ2) is 9.37. The number of rotatable bonds is 7. The van der Waals surface area contributed by atoms with E-state index < -0.39 is 0 Å². The van der Waals surface area contributed by atoms with Crippen molar-refractivity contribution in [3.05, 3.63) is 29.3 Å². The second-order valence-corrected chi connectivity index (χ2v) is 7.98. The van der Waals surface area contributed by atoms with Gasteiger partial charge in [0.1, 0.15) is 5.82 Å². The summed E-state index contributed by atoms with van der Waals surface area (Å²) in [5.41, 5.74) is 0.519. The van der Waals surface area contributed by atoms with Crippen LogP contribution >= 0.6 is 23.4 Å². The Labute approximate surface area is 163 Å². The number of hydrogen-bond donors (Lipinski definition) is 1. The molecule has 1 aliphatic carbocycles. The van der Waals surface area contributed by atoms with Gasteiger partial charge in [0.2, 0.25) is 5.91 Å². The first kappa shape index (κ1) is 19.2. The van der Waals surface area contributed by atoms with Gasteiger partial charge in [0.05, 0.1) is 11.4 Å². The van der Waals surface area contributed by atoms with Crippen LogP contribution in [0.1, 0.15) is 44.3 Å². The number of carbonyl (C=O) groups excluding carboxylic acids is 1. The summed E-state index contributed by atoms with van der Waals surface area (Å²) in [6.07, 6.45) is 10.5. The third-order valence-corrected chi connectivity index (χ3v) is 6.11. The summed E-state index contributed by atoms with van der Waals surface area (Å²) < 4.78 is 2.00. The van der Waals surface area contributed by atoms with Gasteiger partial charge in [0.25, 0.3) is 0 Å². The average molecular weight is 394 g/mol. The molecule has 0 radical (unpaired) electrons. The van der Waals surface area contributed by atoms with E-state index >= 15 is 0 Å². The molecule has 6 nitrogen and oxygen atoms in total. The van der Waals surface area contributed by atoms with Crippen molar-refractivity contribution >= 4 is 35.0 Å². The summed E-state index contributed by atoms with van der Waals surface area (Å²) in [5, 5.41) is 12.3. The smallest absolute Gasteiger partial charge is 0.234 e. The third-order valence-electron chi connectivity index (χ3n) is 4.79. The van der Waals surface area contributed by atoms with Crippen molar-refractivity contribution in [1.29, 1.82) is 0 Å². The van der Waals surface area contributed by atoms with Gasteiger partial charge in [-0.05, 0) is 24.5 Å². The maximum atomic E-state index is 12.1.